The monoisotopic (exact) mass is 1210 g/mol. The number of rotatable bonds is 15. The van der Waals surface area contributed by atoms with E-state index in [9.17, 15) is 9.59 Å². The molecule has 5 rings (SSSR count). The summed E-state index contributed by atoms with van der Waals surface area (Å²) in [5.41, 5.74) is 2.05. The fourth-order valence-corrected chi connectivity index (χ4v) is 21.9. The quantitative estimate of drug-likeness (QED) is 0.0262. The molecular formula is C48H72I2O4S4Si4. The zero-order valence-electron chi connectivity index (χ0n) is 40.4. The minimum absolute atomic E-state index is 0.173. The first-order valence-corrected chi connectivity index (χ1v) is 41.5. The predicted molar refractivity (Wildman–Crippen MR) is 310 cm³/mol. The van der Waals surface area contributed by atoms with Crippen molar-refractivity contribution in [2.75, 3.05) is 14.2 Å². The van der Waals surface area contributed by atoms with Crippen molar-refractivity contribution < 1.29 is 19.1 Å². The number of hydrogen-bond donors (Lipinski definition) is 0. The standard InChI is InChI=1S/C24H36O2S2Si2.C14H20I2S2Si2.C10H16O2/c1-9-10-11-12-13-16-17-14-19(29(3,4)5)27-22(17)23-18(21(16)24(25)26-2)15-20(28-23)30(6,7)8;1-19(2,3)11-7-9(15)13(17-11)14-10(16)8-12(18-14)20(4,5)6;1-3-4-5-6-7-8-9-10(11)12-2/h14-15H,9-13H2,1-8H3;7-8H,1-6H3;3-7H2,1-2H3. The molecular weight excluding hydrogens is 1130 g/mol. The Kier molecular flexibility index (Phi) is 21.9. The summed E-state index contributed by atoms with van der Waals surface area (Å²) in [5, 5.41) is 2.44. The Morgan fingerprint density at radius 1 is 0.565 bits per heavy atom. The molecule has 0 fully saturated rings. The third kappa shape index (κ3) is 15.7. The number of ether oxygens (including phenoxy) is 2. The van der Waals surface area contributed by atoms with Gasteiger partial charge in [-0.1, -0.05) is 137 Å². The molecule has 62 heavy (non-hydrogen) atoms. The molecule has 1 aromatic carbocycles. The second-order valence-corrected chi connectivity index (χ2v) is 48.2. The summed E-state index contributed by atoms with van der Waals surface area (Å²) in [7, 11) is -2.45. The topological polar surface area (TPSA) is 52.6 Å². The lowest BCUT2D eigenvalue weighted by Crippen LogP contribution is -2.34. The third-order valence-electron chi connectivity index (χ3n) is 10.3. The van der Waals surface area contributed by atoms with Gasteiger partial charge in [-0.15, -0.1) is 45.3 Å². The van der Waals surface area contributed by atoms with Gasteiger partial charge in [-0.2, -0.15) is 0 Å². The molecule has 0 aliphatic heterocycles. The molecule has 0 N–H and O–H groups in total. The molecule has 0 bridgehead atoms. The molecule has 4 aromatic heterocycles. The Labute approximate surface area is 422 Å². The maximum atomic E-state index is 13.0. The van der Waals surface area contributed by atoms with Gasteiger partial charge < -0.3 is 9.47 Å². The van der Waals surface area contributed by atoms with Crippen LogP contribution in [0.25, 0.3) is 29.9 Å². The van der Waals surface area contributed by atoms with Crippen LogP contribution in [0.5, 0.6) is 0 Å². The number of hydrogen-bond acceptors (Lipinski definition) is 8. The fraction of sp³-hybridized carbons (Fsp3) is 0.542. The third-order valence-corrected chi connectivity index (χ3v) is 31.9. The smallest absolute Gasteiger partial charge is 0.384 e. The Bertz CT molecular complexity index is 2280. The van der Waals surface area contributed by atoms with E-state index < -0.39 is 38.3 Å². The molecule has 0 atom stereocenters. The lowest BCUT2D eigenvalue weighted by molar-refractivity contribution is -0.133. The van der Waals surface area contributed by atoms with Gasteiger partial charge in [-0.3, -0.25) is 0 Å². The molecule has 0 saturated heterocycles. The van der Waals surface area contributed by atoms with Crippen LogP contribution in [-0.4, -0.2) is 58.5 Å². The van der Waals surface area contributed by atoms with Gasteiger partial charge in [0.05, 0.1) is 71.2 Å². The maximum absolute atomic E-state index is 13.0. The highest BCUT2D eigenvalue weighted by atomic mass is 127. The average Bonchev–Trinajstić information content (AvgIpc) is 3.99. The summed E-state index contributed by atoms with van der Waals surface area (Å²) < 4.78 is 21.5. The van der Waals surface area contributed by atoms with Crippen LogP contribution in [0, 0.1) is 19.0 Å². The number of aryl methyl sites for hydroxylation is 1. The van der Waals surface area contributed by atoms with E-state index in [0.29, 0.717) is 0 Å². The first-order chi connectivity index (χ1) is 28.8. The molecule has 0 aliphatic carbocycles. The zero-order valence-corrected chi connectivity index (χ0v) is 52.0. The van der Waals surface area contributed by atoms with E-state index in [1.165, 1.54) is 99.0 Å². The van der Waals surface area contributed by atoms with Gasteiger partial charge in [0.25, 0.3) is 0 Å². The van der Waals surface area contributed by atoms with Gasteiger partial charge in [-0.05, 0) is 118 Å². The highest BCUT2D eigenvalue weighted by Gasteiger charge is 2.30. The molecule has 14 heteroatoms. The van der Waals surface area contributed by atoms with Crippen LogP contribution in [0.1, 0.15) is 87.6 Å². The Morgan fingerprint density at radius 3 is 1.39 bits per heavy atom. The summed E-state index contributed by atoms with van der Waals surface area (Å²) >= 11 is 13.0. The largest absolute Gasteiger partial charge is 0.465 e. The second kappa shape index (κ2) is 24.4. The number of halogens is 2. The Hall–Kier alpha value is -0.632. The van der Waals surface area contributed by atoms with Crippen molar-refractivity contribution in [2.24, 2.45) is 0 Å². The fourth-order valence-electron chi connectivity index (χ4n) is 6.50. The maximum Gasteiger partial charge on any atom is 0.384 e. The first kappa shape index (κ1) is 55.7. The van der Waals surface area contributed by atoms with E-state index in [1.807, 2.05) is 45.3 Å². The van der Waals surface area contributed by atoms with E-state index in [2.05, 4.69) is 178 Å². The number of esters is 2. The molecule has 0 radical (unpaired) electrons. The Morgan fingerprint density at radius 2 is 0.984 bits per heavy atom. The number of benzene rings is 1. The number of methoxy groups -OCH3 is 2. The van der Waals surface area contributed by atoms with Gasteiger partial charge in [0.2, 0.25) is 0 Å². The SMILES string of the molecule is CCCCCCC#CC(=O)OC.CCCCCCc1c(C(=O)OC)c2cc([Si](C)(C)C)sc2c2sc([Si](C)(C)C)cc12.C[Si](C)(C)c1cc(I)c(-c2sc([Si](C)(C)C)cc2I)s1. The van der Waals surface area contributed by atoms with Crippen molar-refractivity contribution in [3.8, 4) is 21.6 Å². The van der Waals surface area contributed by atoms with Crippen LogP contribution in [0.4, 0.5) is 0 Å². The van der Waals surface area contributed by atoms with Crippen molar-refractivity contribution in [3.05, 3.63) is 42.5 Å². The van der Waals surface area contributed by atoms with Gasteiger partial charge in [-0.25, -0.2) is 9.59 Å². The van der Waals surface area contributed by atoms with E-state index in [-0.39, 0.29) is 5.97 Å². The van der Waals surface area contributed by atoms with Gasteiger partial charge >= 0.3 is 11.9 Å². The molecule has 0 aliphatic rings. The van der Waals surface area contributed by atoms with Crippen LogP contribution >= 0.6 is 90.5 Å². The van der Waals surface area contributed by atoms with E-state index >= 15 is 0 Å². The van der Waals surface area contributed by atoms with Crippen LogP contribution in [0.3, 0.4) is 0 Å². The van der Waals surface area contributed by atoms with Crippen molar-refractivity contribution in [2.45, 2.75) is 157 Å². The molecule has 0 unspecified atom stereocenters. The van der Waals surface area contributed by atoms with E-state index in [1.54, 1.807) is 9.00 Å². The molecule has 5 aromatic rings. The minimum Gasteiger partial charge on any atom is -0.465 e. The van der Waals surface area contributed by atoms with Crippen LogP contribution in [0.15, 0.2) is 24.3 Å². The number of unbranched alkanes of at least 4 members (excludes halogenated alkanes) is 7. The van der Waals surface area contributed by atoms with Crippen molar-refractivity contribution in [1.29, 1.82) is 0 Å². The van der Waals surface area contributed by atoms with E-state index in [4.69, 9.17) is 4.74 Å². The molecule has 0 amide bonds. The molecule has 0 spiro atoms. The van der Waals surface area contributed by atoms with Crippen molar-refractivity contribution in [3.63, 3.8) is 0 Å². The molecule has 4 heterocycles. The van der Waals surface area contributed by atoms with Crippen LogP contribution in [-0.2, 0) is 20.7 Å². The lowest BCUT2D eigenvalue weighted by atomic mass is 9.95. The highest BCUT2D eigenvalue weighted by Crippen LogP contribution is 2.41. The summed E-state index contributed by atoms with van der Waals surface area (Å²) in [5.74, 6) is 4.56. The number of thiophene rings is 4. The summed E-state index contributed by atoms with van der Waals surface area (Å²) in [6, 6.07) is 9.59. The lowest BCUT2D eigenvalue weighted by Gasteiger charge is -2.13. The minimum atomic E-state index is -1.48. The van der Waals surface area contributed by atoms with Crippen molar-refractivity contribution in [1.82, 2.24) is 0 Å². The first-order valence-electron chi connectivity index (χ1n) is 22.1. The van der Waals surface area contributed by atoms with Gasteiger partial charge in [0, 0.05) is 24.9 Å². The highest BCUT2D eigenvalue weighted by molar-refractivity contribution is 14.1. The summed E-state index contributed by atoms with van der Waals surface area (Å²) in [6.45, 7) is 33.4. The predicted octanol–water partition coefficient (Wildman–Crippen LogP) is 15.0. The molecule has 342 valence electrons. The second-order valence-electron chi connectivity index (χ2n) is 20.0. The van der Waals surface area contributed by atoms with Gasteiger partial charge in [0.1, 0.15) is 0 Å². The van der Waals surface area contributed by atoms with Crippen LogP contribution in [0.2, 0.25) is 78.6 Å². The summed E-state index contributed by atoms with van der Waals surface area (Å²) in [6.07, 6.45) is 11.3. The summed E-state index contributed by atoms with van der Waals surface area (Å²) in [4.78, 5) is 26.6. The normalized spacial score (nSPS) is 12.0. The number of fused-ring (bicyclic) bond motifs is 3. The molecule has 4 nitrogen and oxygen atoms in total. The average molecular weight is 1210 g/mol. The number of carbonyl (C=O) groups is 2. The zero-order chi connectivity index (χ0) is 46.8. The Balaban J connectivity index is 0.000000275. The van der Waals surface area contributed by atoms with E-state index in [0.717, 1.165) is 36.6 Å². The number of carbonyl (C=O) groups excluding carboxylic acids is 2. The van der Waals surface area contributed by atoms with Crippen LogP contribution < -0.4 is 18.0 Å². The van der Waals surface area contributed by atoms with Gasteiger partial charge in [0.15, 0.2) is 0 Å². The van der Waals surface area contributed by atoms with Crippen molar-refractivity contribution >= 4 is 173 Å². The molecule has 0 saturated carbocycles.